The van der Waals surface area contributed by atoms with Crippen molar-refractivity contribution >= 4 is 27.5 Å². The maximum absolute atomic E-state index is 12.0. The lowest BCUT2D eigenvalue weighted by Crippen LogP contribution is -2.13. The quantitative estimate of drug-likeness (QED) is 0.885. The first-order chi connectivity index (χ1) is 9.88. The molecule has 7 heteroatoms. The molecule has 0 radical (unpaired) electrons. The number of hydrogen-bond acceptors (Lipinski definition) is 3. The Kier molecular flexibility index (Phi) is 3.24. The molecule has 2 aromatic carbocycles. The molecule has 1 aliphatic rings. The van der Waals surface area contributed by atoms with Gasteiger partial charge in [-0.1, -0.05) is 29.8 Å². The number of primary sulfonamides is 1. The van der Waals surface area contributed by atoms with Crippen LogP contribution in [0.4, 0.5) is 0 Å². The topological polar surface area (TPSA) is 89.3 Å². The van der Waals surface area contributed by atoms with Crippen LogP contribution in [0.3, 0.4) is 0 Å². The van der Waals surface area contributed by atoms with Crippen molar-refractivity contribution in [3.8, 4) is 11.1 Å². The zero-order chi connectivity index (χ0) is 15.2. The zero-order valence-corrected chi connectivity index (χ0v) is 12.3. The summed E-state index contributed by atoms with van der Waals surface area (Å²) in [4.78, 5) is 11.9. The molecule has 108 valence electrons. The second-order valence-electron chi connectivity index (χ2n) is 4.71. The number of nitrogens with one attached hydrogen (secondary N) is 1. The number of benzene rings is 2. The molecular weight excluding hydrogens is 312 g/mol. The summed E-state index contributed by atoms with van der Waals surface area (Å²) in [5.41, 5.74) is 2.44. The van der Waals surface area contributed by atoms with Crippen molar-refractivity contribution in [3.63, 3.8) is 0 Å². The fraction of sp³-hybridized carbons (Fsp3) is 0.0714. The molecule has 0 atom stereocenters. The highest BCUT2D eigenvalue weighted by Gasteiger charge is 2.24. The van der Waals surface area contributed by atoms with E-state index in [1.165, 1.54) is 18.2 Å². The van der Waals surface area contributed by atoms with E-state index in [1.807, 2.05) is 6.07 Å². The molecule has 5 nitrogen and oxygen atoms in total. The molecule has 0 unspecified atom stereocenters. The van der Waals surface area contributed by atoms with Gasteiger partial charge in [0, 0.05) is 17.1 Å². The number of sulfonamides is 1. The average Bonchev–Trinajstić information content (AvgIpc) is 2.80. The van der Waals surface area contributed by atoms with Crippen molar-refractivity contribution in [2.75, 3.05) is 0 Å². The second kappa shape index (κ2) is 4.84. The van der Waals surface area contributed by atoms with Crippen molar-refractivity contribution in [3.05, 3.63) is 52.5 Å². The third-order valence-electron chi connectivity index (χ3n) is 3.37. The summed E-state index contributed by atoms with van der Waals surface area (Å²) in [6.07, 6.45) is 0. The molecule has 21 heavy (non-hydrogen) atoms. The number of amides is 1. The van der Waals surface area contributed by atoms with E-state index in [4.69, 9.17) is 16.7 Å². The van der Waals surface area contributed by atoms with Crippen molar-refractivity contribution in [1.29, 1.82) is 0 Å². The summed E-state index contributed by atoms with van der Waals surface area (Å²) in [5, 5.41) is 8.24. The number of rotatable bonds is 2. The van der Waals surface area contributed by atoms with E-state index >= 15 is 0 Å². The van der Waals surface area contributed by atoms with E-state index < -0.39 is 10.0 Å². The molecule has 0 aromatic heterocycles. The van der Waals surface area contributed by atoms with Gasteiger partial charge in [0.2, 0.25) is 10.0 Å². The van der Waals surface area contributed by atoms with E-state index in [1.54, 1.807) is 12.1 Å². The highest BCUT2D eigenvalue weighted by atomic mass is 35.5. The maximum atomic E-state index is 12.0. The summed E-state index contributed by atoms with van der Waals surface area (Å²) < 4.78 is 23.0. The van der Waals surface area contributed by atoms with Crippen molar-refractivity contribution < 1.29 is 13.2 Å². The molecule has 2 aromatic rings. The van der Waals surface area contributed by atoms with E-state index in [9.17, 15) is 13.2 Å². The summed E-state index contributed by atoms with van der Waals surface area (Å²) in [6, 6.07) is 9.56. The second-order valence-corrected chi connectivity index (χ2v) is 6.68. The fourth-order valence-corrected chi connectivity index (χ4v) is 3.15. The minimum atomic E-state index is -3.84. The van der Waals surface area contributed by atoms with Crippen molar-refractivity contribution in [2.24, 2.45) is 5.14 Å². The average molecular weight is 323 g/mol. The molecule has 1 amide bonds. The Hall–Kier alpha value is -1.89. The largest absolute Gasteiger partial charge is 0.348 e. The Labute approximate surface area is 126 Å². The first kappa shape index (κ1) is 14.1. The van der Waals surface area contributed by atoms with Gasteiger partial charge < -0.3 is 5.32 Å². The molecule has 0 spiro atoms. The first-order valence-electron chi connectivity index (χ1n) is 6.11. The monoisotopic (exact) mass is 322 g/mol. The number of carbonyl (C=O) groups is 1. The molecule has 0 bridgehead atoms. The summed E-state index contributed by atoms with van der Waals surface area (Å²) in [6.45, 7) is 0.453. The fourth-order valence-electron chi connectivity index (χ4n) is 2.39. The summed E-state index contributed by atoms with van der Waals surface area (Å²) in [7, 11) is -3.84. The number of hydrogen-bond donors (Lipinski definition) is 2. The van der Waals surface area contributed by atoms with Gasteiger partial charge in [-0.15, -0.1) is 0 Å². The van der Waals surface area contributed by atoms with E-state index in [0.717, 1.165) is 5.56 Å². The lowest BCUT2D eigenvalue weighted by molar-refractivity contribution is 0.0966. The standard InChI is InChI=1S/C14H11ClN2O3S/c15-12-5-4-9(21(16,19)20)6-11(12)10-3-1-2-8-7-17-14(18)13(8)10/h1-6H,7H2,(H,17,18)(H2,16,19,20). The predicted octanol–water partition coefficient (Wildman–Crippen LogP) is 1.90. The molecule has 0 saturated heterocycles. The minimum Gasteiger partial charge on any atom is -0.348 e. The Bertz CT molecular complexity index is 863. The Morgan fingerprint density at radius 3 is 2.62 bits per heavy atom. The van der Waals surface area contributed by atoms with Gasteiger partial charge in [0.25, 0.3) is 5.91 Å². The van der Waals surface area contributed by atoms with Crippen LogP contribution in [0, 0.1) is 0 Å². The molecule has 0 saturated carbocycles. The smallest absolute Gasteiger partial charge is 0.252 e. The van der Waals surface area contributed by atoms with E-state index in [2.05, 4.69) is 5.32 Å². The van der Waals surface area contributed by atoms with Gasteiger partial charge in [-0.05, 0) is 29.3 Å². The van der Waals surface area contributed by atoms with Crippen LogP contribution < -0.4 is 10.5 Å². The highest BCUT2D eigenvalue weighted by molar-refractivity contribution is 7.89. The SMILES string of the molecule is NS(=O)(=O)c1ccc(Cl)c(-c2cccc3c2C(=O)NC3)c1. The minimum absolute atomic E-state index is 0.0436. The van der Waals surface area contributed by atoms with Gasteiger partial charge in [0.05, 0.1) is 10.5 Å². The molecule has 3 N–H and O–H groups in total. The first-order valence-corrected chi connectivity index (χ1v) is 8.03. The van der Waals surface area contributed by atoms with Gasteiger partial charge in [-0.3, -0.25) is 4.79 Å². The predicted molar refractivity (Wildman–Crippen MR) is 79.4 cm³/mol. The number of halogens is 1. The van der Waals surface area contributed by atoms with Crippen LogP contribution in [0.15, 0.2) is 41.3 Å². The number of carbonyl (C=O) groups excluding carboxylic acids is 1. The zero-order valence-electron chi connectivity index (χ0n) is 10.8. The lowest BCUT2D eigenvalue weighted by atomic mass is 9.97. The van der Waals surface area contributed by atoms with Crippen LogP contribution in [-0.4, -0.2) is 14.3 Å². The molecule has 0 fully saturated rings. The Morgan fingerprint density at radius 1 is 1.14 bits per heavy atom. The van der Waals surface area contributed by atoms with Crippen LogP contribution >= 0.6 is 11.6 Å². The lowest BCUT2D eigenvalue weighted by Gasteiger charge is -2.10. The van der Waals surface area contributed by atoms with E-state index in [0.29, 0.717) is 28.3 Å². The van der Waals surface area contributed by atoms with Gasteiger partial charge in [0.15, 0.2) is 0 Å². The van der Waals surface area contributed by atoms with Crippen LogP contribution in [0.2, 0.25) is 5.02 Å². The van der Waals surface area contributed by atoms with Crippen LogP contribution in [0.25, 0.3) is 11.1 Å². The van der Waals surface area contributed by atoms with Crippen molar-refractivity contribution in [1.82, 2.24) is 5.32 Å². The Balaban J connectivity index is 2.28. The van der Waals surface area contributed by atoms with E-state index in [-0.39, 0.29) is 10.8 Å². The number of nitrogens with two attached hydrogens (primary N) is 1. The molecule has 3 rings (SSSR count). The summed E-state index contributed by atoms with van der Waals surface area (Å²) in [5.74, 6) is -0.197. The van der Waals surface area contributed by atoms with Crippen LogP contribution in [0.5, 0.6) is 0 Å². The summed E-state index contributed by atoms with van der Waals surface area (Å²) >= 11 is 6.16. The molecule has 1 aliphatic heterocycles. The van der Waals surface area contributed by atoms with Crippen molar-refractivity contribution in [2.45, 2.75) is 11.4 Å². The molecular formula is C14H11ClN2O3S. The van der Waals surface area contributed by atoms with Gasteiger partial charge >= 0.3 is 0 Å². The van der Waals surface area contributed by atoms with Gasteiger partial charge in [-0.2, -0.15) is 0 Å². The number of fused-ring (bicyclic) bond motifs is 1. The van der Waals surface area contributed by atoms with Gasteiger partial charge in [0.1, 0.15) is 0 Å². The third kappa shape index (κ3) is 2.42. The van der Waals surface area contributed by atoms with Gasteiger partial charge in [-0.25, -0.2) is 13.6 Å². The maximum Gasteiger partial charge on any atom is 0.252 e. The van der Waals surface area contributed by atoms with Crippen LogP contribution in [-0.2, 0) is 16.6 Å². The van der Waals surface area contributed by atoms with Crippen LogP contribution in [0.1, 0.15) is 15.9 Å². The highest BCUT2D eigenvalue weighted by Crippen LogP contribution is 2.35. The third-order valence-corrected chi connectivity index (χ3v) is 4.61. The normalized spacial score (nSPS) is 13.9. The molecule has 1 heterocycles. The molecule has 0 aliphatic carbocycles. The Morgan fingerprint density at radius 2 is 1.90 bits per heavy atom.